The topological polar surface area (TPSA) is 120 Å². The number of likely N-dealkylation sites (tertiary alicyclic amines) is 1. The first-order valence-corrected chi connectivity index (χ1v) is 11.4. The van der Waals surface area contributed by atoms with Crippen molar-refractivity contribution >= 4 is 32.5 Å². The average Bonchev–Trinajstić information content (AvgIpc) is 2.75. The maximum absolute atomic E-state index is 12.9. The van der Waals surface area contributed by atoms with E-state index in [1.165, 1.54) is 23.1 Å². The number of β-amino-alcohol motifs (C(OH)–C–C–N with tert-alkyl or cyclic N) is 1. The zero-order chi connectivity index (χ0) is 22.1. The Balaban J connectivity index is 1.46. The lowest BCUT2D eigenvalue weighted by molar-refractivity contribution is -0.0882. The van der Waals surface area contributed by atoms with Crippen molar-refractivity contribution in [2.45, 2.75) is 23.3 Å². The first-order chi connectivity index (χ1) is 14.8. The molecule has 1 aliphatic rings. The van der Waals surface area contributed by atoms with E-state index < -0.39 is 15.6 Å². The number of hydrogen-bond donors (Lipinski definition) is 3. The SMILES string of the molecule is O=C(c1ccc(NS(=O)(=O)c2cccc3cccnc23)cc1)N1CC(O)(CCCO)C1. The van der Waals surface area contributed by atoms with Gasteiger partial charge in [0.05, 0.1) is 24.2 Å². The van der Waals surface area contributed by atoms with Crippen LogP contribution in [0.15, 0.2) is 65.7 Å². The van der Waals surface area contributed by atoms with Gasteiger partial charge in [-0.05, 0) is 49.2 Å². The normalized spacial score (nSPS) is 15.5. The van der Waals surface area contributed by atoms with E-state index in [1.807, 2.05) is 0 Å². The second-order valence-corrected chi connectivity index (χ2v) is 9.38. The van der Waals surface area contributed by atoms with Crippen molar-refractivity contribution in [2.75, 3.05) is 24.4 Å². The summed E-state index contributed by atoms with van der Waals surface area (Å²) in [5.41, 5.74) is 0.169. The highest BCUT2D eigenvalue weighted by Gasteiger charge is 2.43. The lowest BCUT2D eigenvalue weighted by Gasteiger charge is -2.46. The zero-order valence-electron chi connectivity index (χ0n) is 16.7. The number of aliphatic hydroxyl groups is 2. The predicted octanol–water partition coefficient (Wildman–Crippen LogP) is 1.99. The molecule has 2 aromatic carbocycles. The number of nitrogens with zero attached hydrogens (tertiary/aromatic N) is 2. The van der Waals surface area contributed by atoms with E-state index in [0.717, 1.165) is 5.39 Å². The minimum atomic E-state index is -3.87. The monoisotopic (exact) mass is 441 g/mol. The molecule has 1 fully saturated rings. The van der Waals surface area contributed by atoms with Crippen molar-refractivity contribution in [1.29, 1.82) is 0 Å². The van der Waals surface area contributed by atoms with Crippen LogP contribution in [-0.4, -0.2) is 59.7 Å². The quantitative estimate of drug-likeness (QED) is 0.516. The second kappa shape index (κ2) is 8.26. The van der Waals surface area contributed by atoms with Crippen LogP contribution in [0, 0.1) is 0 Å². The van der Waals surface area contributed by atoms with Gasteiger partial charge in [0.2, 0.25) is 0 Å². The average molecular weight is 442 g/mol. The van der Waals surface area contributed by atoms with Gasteiger partial charge in [-0.1, -0.05) is 18.2 Å². The summed E-state index contributed by atoms with van der Waals surface area (Å²) in [5, 5.41) is 19.9. The van der Waals surface area contributed by atoms with E-state index in [1.54, 1.807) is 42.6 Å². The number of hydrogen-bond acceptors (Lipinski definition) is 6. The Labute approximate surface area is 180 Å². The fourth-order valence-electron chi connectivity index (χ4n) is 3.74. The molecule has 0 spiro atoms. The molecule has 0 atom stereocenters. The molecule has 1 saturated heterocycles. The third kappa shape index (κ3) is 4.39. The van der Waals surface area contributed by atoms with E-state index in [2.05, 4.69) is 9.71 Å². The highest BCUT2D eigenvalue weighted by molar-refractivity contribution is 7.93. The van der Waals surface area contributed by atoms with Gasteiger partial charge in [0.1, 0.15) is 4.90 Å². The Bertz CT molecular complexity index is 1200. The molecule has 31 heavy (non-hydrogen) atoms. The predicted molar refractivity (Wildman–Crippen MR) is 116 cm³/mol. The van der Waals surface area contributed by atoms with Crippen LogP contribution < -0.4 is 4.72 Å². The highest BCUT2D eigenvalue weighted by atomic mass is 32.2. The summed E-state index contributed by atoms with van der Waals surface area (Å²) < 4.78 is 28.3. The van der Waals surface area contributed by atoms with Gasteiger partial charge in [-0.15, -0.1) is 0 Å². The molecule has 2 heterocycles. The molecular weight excluding hydrogens is 418 g/mol. The number of aromatic nitrogens is 1. The molecule has 4 rings (SSSR count). The summed E-state index contributed by atoms with van der Waals surface area (Å²) >= 11 is 0. The van der Waals surface area contributed by atoms with Crippen molar-refractivity contribution in [3.8, 4) is 0 Å². The maximum Gasteiger partial charge on any atom is 0.264 e. The van der Waals surface area contributed by atoms with Crippen LogP contribution in [0.5, 0.6) is 0 Å². The number of amides is 1. The number of carbonyl (C=O) groups excluding carboxylic acids is 1. The van der Waals surface area contributed by atoms with Gasteiger partial charge in [0, 0.05) is 29.4 Å². The molecule has 9 heteroatoms. The van der Waals surface area contributed by atoms with Gasteiger partial charge in [0.15, 0.2) is 0 Å². The van der Waals surface area contributed by atoms with E-state index in [4.69, 9.17) is 5.11 Å². The third-order valence-corrected chi connectivity index (χ3v) is 6.74. The molecule has 0 radical (unpaired) electrons. The summed E-state index contributed by atoms with van der Waals surface area (Å²) in [5.74, 6) is -0.235. The molecule has 3 aromatic rings. The van der Waals surface area contributed by atoms with Gasteiger partial charge in [0.25, 0.3) is 15.9 Å². The lowest BCUT2D eigenvalue weighted by atomic mass is 9.88. The van der Waals surface area contributed by atoms with Crippen LogP contribution in [0.3, 0.4) is 0 Å². The number of nitrogens with one attached hydrogen (secondary N) is 1. The van der Waals surface area contributed by atoms with Crippen molar-refractivity contribution in [1.82, 2.24) is 9.88 Å². The number of benzene rings is 2. The van der Waals surface area contributed by atoms with Crippen LogP contribution in [0.4, 0.5) is 5.69 Å². The number of pyridine rings is 1. The molecule has 162 valence electrons. The largest absolute Gasteiger partial charge is 0.396 e. The van der Waals surface area contributed by atoms with Gasteiger partial charge in [-0.3, -0.25) is 14.5 Å². The summed E-state index contributed by atoms with van der Waals surface area (Å²) in [4.78, 5) is 18.4. The fraction of sp³-hybridized carbons (Fsp3) is 0.273. The first kappa shape index (κ1) is 21.2. The summed E-state index contributed by atoms with van der Waals surface area (Å²) in [6.45, 7) is 0.436. The number of rotatable bonds is 7. The van der Waals surface area contributed by atoms with Crippen molar-refractivity contribution in [2.24, 2.45) is 0 Å². The molecule has 0 unspecified atom stereocenters. The maximum atomic E-state index is 12.9. The Kier molecular flexibility index (Phi) is 5.65. The molecule has 8 nitrogen and oxygen atoms in total. The summed E-state index contributed by atoms with van der Waals surface area (Å²) in [6.07, 6.45) is 2.47. The minimum absolute atomic E-state index is 0.00244. The number of carbonyl (C=O) groups is 1. The standard InChI is InChI=1S/C22H23N3O5S/c26-13-3-11-22(28)14-25(15-22)21(27)17-7-9-18(10-8-17)24-31(29,30)19-6-1-4-16-5-2-12-23-20(16)19/h1-2,4-10,12,24,26,28H,3,11,13-15H2. The van der Waals surface area contributed by atoms with Crippen molar-refractivity contribution < 1.29 is 23.4 Å². The smallest absolute Gasteiger partial charge is 0.264 e. The molecule has 1 aliphatic heterocycles. The van der Waals surface area contributed by atoms with Gasteiger partial charge < -0.3 is 15.1 Å². The number of aliphatic hydroxyl groups excluding tert-OH is 1. The molecule has 0 aliphatic carbocycles. The van der Waals surface area contributed by atoms with E-state index >= 15 is 0 Å². The van der Waals surface area contributed by atoms with Gasteiger partial charge in [-0.25, -0.2) is 8.42 Å². The minimum Gasteiger partial charge on any atom is -0.396 e. The number of fused-ring (bicyclic) bond motifs is 1. The molecule has 3 N–H and O–H groups in total. The highest BCUT2D eigenvalue weighted by Crippen LogP contribution is 2.28. The lowest BCUT2D eigenvalue weighted by Crippen LogP contribution is -2.63. The molecule has 1 amide bonds. The molecule has 0 bridgehead atoms. The van der Waals surface area contributed by atoms with E-state index in [-0.39, 0.29) is 30.5 Å². The molecule has 0 saturated carbocycles. The summed E-state index contributed by atoms with van der Waals surface area (Å²) in [6, 6.07) is 14.6. The Morgan fingerprint density at radius 2 is 1.81 bits per heavy atom. The number of para-hydroxylation sites is 1. The van der Waals surface area contributed by atoms with Crippen LogP contribution in [0.2, 0.25) is 0 Å². The van der Waals surface area contributed by atoms with E-state index in [9.17, 15) is 18.3 Å². The zero-order valence-corrected chi connectivity index (χ0v) is 17.5. The van der Waals surface area contributed by atoms with Crippen molar-refractivity contribution in [3.05, 3.63) is 66.4 Å². The second-order valence-electron chi connectivity index (χ2n) is 7.73. The Morgan fingerprint density at radius 3 is 2.52 bits per heavy atom. The summed E-state index contributed by atoms with van der Waals surface area (Å²) in [7, 11) is -3.87. The Morgan fingerprint density at radius 1 is 1.10 bits per heavy atom. The molecule has 1 aromatic heterocycles. The van der Waals surface area contributed by atoms with Crippen LogP contribution in [-0.2, 0) is 10.0 Å². The van der Waals surface area contributed by atoms with Gasteiger partial charge >= 0.3 is 0 Å². The van der Waals surface area contributed by atoms with E-state index in [0.29, 0.717) is 29.6 Å². The van der Waals surface area contributed by atoms with Crippen LogP contribution in [0.25, 0.3) is 10.9 Å². The Hall–Kier alpha value is -3.01. The number of sulfonamides is 1. The van der Waals surface area contributed by atoms with Gasteiger partial charge in [-0.2, -0.15) is 0 Å². The van der Waals surface area contributed by atoms with Crippen LogP contribution >= 0.6 is 0 Å². The van der Waals surface area contributed by atoms with Crippen molar-refractivity contribution in [3.63, 3.8) is 0 Å². The number of anilines is 1. The molecular formula is C22H23N3O5S. The first-order valence-electron chi connectivity index (χ1n) is 9.90. The fourth-order valence-corrected chi connectivity index (χ4v) is 4.98. The van der Waals surface area contributed by atoms with Crippen LogP contribution in [0.1, 0.15) is 23.2 Å². The third-order valence-electron chi connectivity index (χ3n) is 5.33.